The fourth-order valence-corrected chi connectivity index (χ4v) is 2.70. The highest BCUT2D eigenvalue weighted by atomic mass is 35.5. The van der Waals surface area contributed by atoms with Gasteiger partial charge in [-0.05, 0) is 25.0 Å². The van der Waals surface area contributed by atoms with Crippen LogP contribution in [0, 0.1) is 0 Å². The molecule has 19 heavy (non-hydrogen) atoms. The first-order valence-electron chi connectivity index (χ1n) is 6.95. The third kappa shape index (κ3) is 4.37. The molecular formula is C15H22ClNO2. The predicted octanol–water partition coefficient (Wildman–Crippen LogP) is 3.40. The summed E-state index contributed by atoms with van der Waals surface area (Å²) in [4.78, 5) is 0. The number of hydrogen-bond donors (Lipinski definition) is 1. The van der Waals surface area contributed by atoms with E-state index in [2.05, 4.69) is 5.32 Å². The van der Waals surface area contributed by atoms with Crippen LogP contribution in [0.1, 0.15) is 31.2 Å². The Morgan fingerprint density at radius 3 is 2.84 bits per heavy atom. The number of ether oxygens (including phenoxy) is 2. The molecule has 0 aromatic heterocycles. The number of benzene rings is 1. The normalized spacial score (nSPS) is 15.9. The molecule has 1 aromatic carbocycles. The molecule has 4 heteroatoms. The van der Waals surface area contributed by atoms with E-state index in [1.807, 2.05) is 18.2 Å². The molecule has 1 N–H and O–H groups in total. The molecule has 0 aliphatic heterocycles. The average Bonchev–Trinajstić information content (AvgIpc) is 2.93. The molecule has 3 nitrogen and oxygen atoms in total. The van der Waals surface area contributed by atoms with Crippen molar-refractivity contribution in [2.75, 3.05) is 20.3 Å². The van der Waals surface area contributed by atoms with Crippen LogP contribution in [0.3, 0.4) is 0 Å². The van der Waals surface area contributed by atoms with Gasteiger partial charge in [0, 0.05) is 23.7 Å². The van der Waals surface area contributed by atoms with E-state index < -0.39 is 0 Å². The van der Waals surface area contributed by atoms with Gasteiger partial charge in [0.2, 0.25) is 0 Å². The maximum absolute atomic E-state index is 6.17. The lowest BCUT2D eigenvalue weighted by Gasteiger charge is -2.13. The van der Waals surface area contributed by atoms with Crippen molar-refractivity contribution in [2.24, 2.45) is 0 Å². The van der Waals surface area contributed by atoms with Crippen molar-refractivity contribution in [1.29, 1.82) is 0 Å². The van der Waals surface area contributed by atoms with Crippen LogP contribution >= 0.6 is 11.6 Å². The van der Waals surface area contributed by atoms with Crippen LogP contribution in [0.5, 0.6) is 5.75 Å². The van der Waals surface area contributed by atoms with Gasteiger partial charge < -0.3 is 14.8 Å². The number of nitrogens with one attached hydrogen (secondary N) is 1. The molecule has 0 atom stereocenters. The van der Waals surface area contributed by atoms with Crippen molar-refractivity contribution in [3.8, 4) is 5.75 Å². The Morgan fingerprint density at radius 1 is 1.32 bits per heavy atom. The molecule has 0 bridgehead atoms. The van der Waals surface area contributed by atoms with Crippen LogP contribution in [0.15, 0.2) is 18.2 Å². The third-order valence-corrected chi connectivity index (χ3v) is 3.89. The molecular weight excluding hydrogens is 262 g/mol. The topological polar surface area (TPSA) is 30.5 Å². The third-order valence-electron chi connectivity index (χ3n) is 3.53. The Kier molecular flexibility index (Phi) is 5.95. The summed E-state index contributed by atoms with van der Waals surface area (Å²) in [6.45, 7) is 2.30. The van der Waals surface area contributed by atoms with E-state index in [9.17, 15) is 0 Å². The van der Waals surface area contributed by atoms with Gasteiger partial charge in [0.15, 0.2) is 0 Å². The smallest absolute Gasteiger partial charge is 0.124 e. The van der Waals surface area contributed by atoms with E-state index in [1.54, 1.807) is 7.11 Å². The number of halogens is 1. The van der Waals surface area contributed by atoms with Crippen LogP contribution < -0.4 is 10.1 Å². The molecule has 0 spiro atoms. The first-order chi connectivity index (χ1) is 9.31. The quantitative estimate of drug-likeness (QED) is 0.778. The molecule has 0 saturated heterocycles. The molecule has 0 heterocycles. The summed E-state index contributed by atoms with van der Waals surface area (Å²) in [7, 11) is 1.67. The minimum Gasteiger partial charge on any atom is -0.496 e. The van der Waals surface area contributed by atoms with Gasteiger partial charge >= 0.3 is 0 Å². The number of hydrogen-bond acceptors (Lipinski definition) is 3. The van der Waals surface area contributed by atoms with Gasteiger partial charge in [0.05, 0.1) is 19.8 Å². The molecule has 1 aliphatic carbocycles. The van der Waals surface area contributed by atoms with Crippen molar-refractivity contribution >= 4 is 11.6 Å². The van der Waals surface area contributed by atoms with Crippen LogP contribution in [0.2, 0.25) is 5.02 Å². The lowest BCUT2D eigenvalue weighted by Crippen LogP contribution is -2.22. The average molecular weight is 284 g/mol. The Bertz CT molecular complexity index is 392. The minimum atomic E-state index is 0.483. The van der Waals surface area contributed by atoms with E-state index in [-0.39, 0.29) is 0 Å². The Labute approximate surface area is 120 Å². The lowest BCUT2D eigenvalue weighted by atomic mass is 10.2. The summed E-state index contributed by atoms with van der Waals surface area (Å²) in [5.41, 5.74) is 1.01. The zero-order valence-corrected chi connectivity index (χ0v) is 12.2. The van der Waals surface area contributed by atoms with E-state index in [1.165, 1.54) is 25.7 Å². The zero-order valence-electron chi connectivity index (χ0n) is 11.5. The summed E-state index contributed by atoms with van der Waals surface area (Å²) in [6.07, 6.45) is 5.55. The Morgan fingerprint density at radius 2 is 2.11 bits per heavy atom. The van der Waals surface area contributed by atoms with Gasteiger partial charge in [-0.15, -0.1) is 0 Å². The molecule has 1 aliphatic rings. The van der Waals surface area contributed by atoms with Crippen molar-refractivity contribution in [1.82, 2.24) is 5.32 Å². The second-order valence-electron chi connectivity index (χ2n) is 4.87. The van der Waals surface area contributed by atoms with Gasteiger partial charge in [-0.2, -0.15) is 0 Å². The van der Waals surface area contributed by atoms with Gasteiger partial charge in [-0.1, -0.05) is 30.5 Å². The van der Waals surface area contributed by atoms with Gasteiger partial charge in [-0.25, -0.2) is 0 Å². The second-order valence-corrected chi connectivity index (χ2v) is 5.28. The largest absolute Gasteiger partial charge is 0.496 e. The maximum Gasteiger partial charge on any atom is 0.124 e. The second kappa shape index (κ2) is 7.73. The summed E-state index contributed by atoms with van der Waals surface area (Å²) in [6, 6.07) is 5.71. The highest BCUT2D eigenvalue weighted by Gasteiger charge is 2.14. The van der Waals surface area contributed by atoms with E-state index >= 15 is 0 Å². The summed E-state index contributed by atoms with van der Waals surface area (Å²) in [5.74, 6) is 0.830. The first-order valence-corrected chi connectivity index (χ1v) is 7.32. The molecule has 1 fully saturated rings. The van der Waals surface area contributed by atoms with Crippen LogP contribution in [0.4, 0.5) is 0 Å². The Balaban J connectivity index is 1.70. The molecule has 1 saturated carbocycles. The molecule has 0 unspecified atom stereocenters. The van der Waals surface area contributed by atoms with Crippen molar-refractivity contribution in [3.05, 3.63) is 28.8 Å². The molecule has 106 valence electrons. The fraction of sp³-hybridized carbons (Fsp3) is 0.600. The monoisotopic (exact) mass is 283 g/mol. The van der Waals surface area contributed by atoms with Crippen LogP contribution in [0.25, 0.3) is 0 Å². The van der Waals surface area contributed by atoms with Gasteiger partial charge in [-0.3, -0.25) is 0 Å². The standard InChI is InChI=1S/C15H22ClNO2/c1-18-15-8-4-7-14(16)13(15)11-17-9-10-19-12-5-2-3-6-12/h4,7-8,12,17H,2-3,5-6,9-11H2,1H3. The summed E-state index contributed by atoms with van der Waals surface area (Å²) < 4.78 is 11.1. The van der Waals surface area contributed by atoms with E-state index in [0.29, 0.717) is 12.6 Å². The van der Waals surface area contributed by atoms with Crippen molar-refractivity contribution in [2.45, 2.75) is 38.3 Å². The molecule has 2 rings (SSSR count). The minimum absolute atomic E-state index is 0.483. The van der Waals surface area contributed by atoms with Crippen LogP contribution in [-0.2, 0) is 11.3 Å². The Hall–Kier alpha value is -0.770. The van der Waals surface area contributed by atoms with Gasteiger partial charge in [0.25, 0.3) is 0 Å². The molecule has 0 radical (unpaired) electrons. The fourth-order valence-electron chi connectivity index (χ4n) is 2.47. The predicted molar refractivity (Wildman–Crippen MR) is 77.9 cm³/mol. The highest BCUT2D eigenvalue weighted by molar-refractivity contribution is 6.31. The zero-order chi connectivity index (χ0) is 13.5. The number of rotatable bonds is 7. The van der Waals surface area contributed by atoms with E-state index in [4.69, 9.17) is 21.1 Å². The molecule has 1 aromatic rings. The van der Waals surface area contributed by atoms with Crippen LogP contribution in [-0.4, -0.2) is 26.4 Å². The molecule has 0 amide bonds. The maximum atomic E-state index is 6.17. The van der Waals surface area contributed by atoms with Crippen molar-refractivity contribution < 1.29 is 9.47 Å². The highest BCUT2D eigenvalue weighted by Crippen LogP contribution is 2.25. The summed E-state index contributed by atoms with van der Waals surface area (Å²) in [5, 5.41) is 4.09. The van der Waals surface area contributed by atoms with Gasteiger partial charge in [0.1, 0.15) is 5.75 Å². The van der Waals surface area contributed by atoms with E-state index in [0.717, 1.165) is 29.5 Å². The SMILES string of the molecule is COc1cccc(Cl)c1CNCCOC1CCCC1. The first kappa shape index (κ1) is 14.6. The van der Waals surface area contributed by atoms with Crippen molar-refractivity contribution in [3.63, 3.8) is 0 Å². The summed E-state index contributed by atoms with van der Waals surface area (Å²) >= 11 is 6.17. The lowest BCUT2D eigenvalue weighted by molar-refractivity contribution is 0.0602. The number of methoxy groups -OCH3 is 1.